The minimum Gasteiger partial charge on any atom is -0.348 e. The van der Waals surface area contributed by atoms with E-state index in [-0.39, 0.29) is 16.7 Å². The van der Waals surface area contributed by atoms with Gasteiger partial charge in [0.25, 0.3) is 5.56 Å². The summed E-state index contributed by atoms with van der Waals surface area (Å²) in [6.45, 7) is 5.80. The molecule has 6 heteroatoms. The molecule has 2 aromatic carbocycles. The summed E-state index contributed by atoms with van der Waals surface area (Å²) in [6.07, 6.45) is 0. The van der Waals surface area contributed by atoms with Crippen molar-refractivity contribution in [3.05, 3.63) is 63.9 Å². The third kappa shape index (κ3) is 3.76. The maximum Gasteiger partial charge on any atom is 0.266 e. The lowest BCUT2D eigenvalue weighted by Gasteiger charge is -2.19. The highest BCUT2D eigenvalue weighted by molar-refractivity contribution is 8.00. The molecular weight excluding hydrogens is 358 g/mol. The van der Waals surface area contributed by atoms with Gasteiger partial charge < -0.3 is 4.90 Å². The van der Waals surface area contributed by atoms with E-state index in [0.717, 1.165) is 16.8 Å². The molecule has 27 heavy (non-hydrogen) atoms. The molecule has 0 N–H and O–H groups in total. The van der Waals surface area contributed by atoms with Crippen molar-refractivity contribution in [2.45, 2.75) is 31.2 Å². The monoisotopic (exact) mass is 381 g/mol. The highest BCUT2D eigenvalue weighted by Gasteiger charge is 2.22. The topological polar surface area (TPSA) is 55.2 Å². The molecule has 1 atom stereocenters. The van der Waals surface area contributed by atoms with E-state index in [1.54, 1.807) is 29.6 Å². The molecule has 1 aromatic heterocycles. The highest BCUT2D eigenvalue weighted by Crippen LogP contribution is 2.27. The summed E-state index contributed by atoms with van der Waals surface area (Å²) in [5.41, 5.74) is 3.35. The maximum absolute atomic E-state index is 13.3. The molecule has 0 radical (unpaired) electrons. The molecular formula is C21H23N3O2S. The fourth-order valence-electron chi connectivity index (χ4n) is 2.94. The quantitative estimate of drug-likeness (QED) is 0.512. The Balaban J connectivity index is 2.26. The molecule has 0 saturated carbocycles. The zero-order chi connectivity index (χ0) is 19.7. The van der Waals surface area contributed by atoms with Gasteiger partial charge in [-0.2, -0.15) is 0 Å². The van der Waals surface area contributed by atoms with Crippen LogP contribution in [-0.2, 0) is 4.79 Å². The standard InChI is InChI=1S/C21H23N3O2S/c1-13-10-11-14(2)18(12-13)24-20(26)16-8-6-7-9-17(16)22-21(24)27-15(3)19(25)23(4)5/h6-12,15H,1-5H3. The molecule has 0 aliphatic rings. The summed E-state index contributed by atoms with van der Waals surface area (Å²) in [6, 6.07) is 13.3. The van der Waals surface area contributed by atoms with Crippen LogP contribution in [0.3, 0.4) is 0 Å². The van der Waals surface area contributed by atoms with Gasteiger partial charge in [0.15, 0.2) is 5.16 Å². The van der Waals surface area contributed by atoms with Gasteiger partial charge in [-0.25, -0.2) is 4.98 Å². The second kappa shape index (κ2) is 7.56. The Labute approximate surface area is 163 Å². The van der Waals surface area contributed by atoms with Crippen molar-refractivity contribution in [2.75, 3.05) is 14.1 Å². The summed E-state index contributed by atoms with van der Waals surface area (Å²) in [5, 5.41) is 0.730. The predicted molar refractivity (Wildman–Crippen MR) is 111 cm³/mol. The molecule has 140 valence electrons. The second-order valence-corrected chi connectivity index (χ2v) is 8.14. The third-order valence-corrected chi connectivity index (χ3v) is 5.46. The number of benzene rings is 2. The van der Waals surface area contributed by atoms with Gasteiger partial charge in [0, 0.05) is 14.1 Å². The first-order valence-corrected chi connectivity index (χ1v) is 9.65. The number of hydrogen-bond acceptors (Lipinski definition) is 4. The first-order valence-electron chi connectivity index (χ1n) is 8.77. The molecule has 0 fully saturated rings. The zero-order valence-electron chi connectivity index (χ0n) is 16.2. The van der Waals surface area contributed by atoms with Crippen LogP contribution in [0.15, 0.2) is 52.4 Å². The van der Waals surface area contributed by atoms with E-state index in [1.165, 1.54) is 11.8 Å². The zero-order valence-corrected chi connectivity index (χ0v) is 17.0. The van der Waals surface area contributed by atoms with Crippen molar-refractivity contribution in [3.8, 4) is 5.69 Å². The van der Waals surface area contributed by atoms with Crippen molar-refractivity contribution in [3.63, 3.8) is 0 Å². The fraction of sp³-hybridized carbons (Fsp3) is 0.286. The van der Waals surface area contributed by atoms with Crippen molar-refractivity contribution in [2.24, 2.45) is 0 Å². The molecule has 0 bridgehead atoms. The first-order chi connectivity index (χ1) is 12.8. The number of nitrogens with zero attached hydrogens (tertiary/aromatic N) is 3. The van der Waals surface area contributed by atoms with Gasteiger partial charge in [0.1, 0.15) is 0 Å². The summed E-state index contributed by atoms with van der Waals surface area (Å²) in [4.78, 5) is 31.9. The van der Waals surface area contributed by atoms with Crippen LogP contribution < -0.4 is 5.56 Å². The molecule has 0 spiro atoms. The van der Waals surface area contributed by atoms with Crippen LogP contribution >= 0.6 is 11.8 Å². The minimum atomic E-state index is -0.357. The van der Waals surface area contributed by atoms with Gasteiger partial charge in [-0.3, -0.25) is 14.2 Å². The Morgan fingerprint density at radius 1 is 1.15 bits per heavy atom. The Hall–Kier alpha value is -2.60. The molecule has 0 aliphatic heterocycles. The minimum absolute atomic E-state index is 0.0186. The molecule has 1 unspecified atom stereocenters. The van der Waals surface area contributed by atoms with Gasteiger partial charge in [0.2, 0.25) is 5.91 Å². The number of carbonyl (C=O) groups excluding carboxylic acids is 1. The number of aromatic nitrogens is 2. The van der Waals surface area contributed by atoms with E-state index in [9.17, 15) is 9.59 Å². The Bertz CT molecular complexity index is 1070. The van der Waals surface area contributed by atoms with E-state index in [4.69, 9.17) is 4.98 Å². The summed E-state index contributed by atoms with van der Waals surface area (Å²) < 4.78 is 1.63. The highest BCUT2D eigenvalue weighted by atomic mass is 32.2. The average molecular weight is 382 g/mol. The van der Waals surface area contributed by atoms with Crippen LogP contribution in [0.5, 0.6) is 0 Å². The van der Waals surface area contributed by atoms with Crippen LogP contribution in [0.25, 0.3) is 16.6 Å². The van der Waals surface area contributed by atoms with Gasteiger partial charge in [-0.1, -0.05) is 36.0 Å². The van der Waals surface area contributed by atoms with E-state index in [0.29, 0.717) is 16.1 Å². The maximum atomic E-state index is 13.3. The van der Waals surface area contributed by atoms with Crippen LogP contribution in [0.4, 0.5) is 0 Å². The molecule has 3 aromatic rings. The molecule has 1 heterocycles. The molecule has 1 amide bonds. The molecule has 3 rings (SSSR count). The van der Waals surface area contributed by atoms with E-state index in [1.807, 2.05) is 57.2 Å². The average Bonchev–Trinajstić information content (AvgIpc) is 2.63. The van der Waals surface area contributed by atoms with Gasteiger partial charge >= 0.3 is 0 Å². The lowest BCUT2D eigenvalue weighted by Crippen LogP contribution is -2.31. The van der Waals surface area contributed by atoms with Crippen molar-refractivity contribution in [1.29, 1.82) is 0 Å². The first kappa shape index (κ1) is 19.2. The Morgan fingerprint density at radius 3 is 2.56 bits per heavy atom. The molecule has 0 aliphatic carbocycles. The van der Waals surface area contributed by atoms with Crippen molar-refractivity contribution < 1.29 is 4.79 Å². The number of rotatable bonds is 4. The Morgan fingerprint density at radius 2 is 1.85 bits per heavy atom. The lowest BCUT2D eigenvalue weighted by atomic mass is 10.1. The summed E-state index contributed by atoms with van der Waals surface area (Å²) in [7, 11) is 3.45. The molecule has 5 nitrogen and oxygen atoms in total. The number of thioether (sulfide) groups is 1. The largest absolute Gasteiger partial charge is 0.348 e. The molecule has 0 saturated heterocycles. The Kier molecular flexibility index (Phi) is 5.37. The fourth-order valence-corrected chi connectivity index (χ4v) is 4.00. The third-order valence-electron chi connectivity index (χ3n) is 4.42. The van der Waals surface area contributed by atoms with Crippen molar-refractivity contribution in [1.82, 2.24) is 14.5 Å². The summed E-state index contributed by atoms with van der Waals surface area (Å²) in [5.74, 6) is -0.0186. The number of amides is 1. The SMILES string of the molecule is Cc1ccc(C)c(-n2c(SC(C)C(=O)N(C)C)nc3ccccc3c2=O)c1. The van der Waals surface area contributed by atoms with Crippen LogP contribution in [0.2, 0.25) is 0 Å². The van der Waals surface area contributed by atoms with Crippen LogP contribution in [0.1, 0.15) is 18.1 Å². The number of hydrogen-bond donors (Lipinski definition) is 0. The predicted octanol–water partition coefficient (Wildman–Crippen LogP) is 3.57. The van der Waals surface area contributed by atoms with Gasteiger partial charge in [-0.05, 0) is 50.1 Å². The van der Waals surface area contributed by atoms with E-state index in [2.05, 4.69) is 0 Å². The number of para-hydroxylation sites is 1. The number of aryl methyl sites for hydroxylation is 2. The van der Waals surface area contributed by atoms with Gasteiger partial charge in [0.05, 0.1) is 21.8 Å². The van der Waals surface area contributed by atoms with Gasteiger partial charge in [-0.15, -0.1) is 0 Å². The number of fused-ring (bicyclic) bond motifs is 1. The van der Waals surface area contributed by atoms with E-state index >= 15 is 0 Å². The number of carbonyl (C=O) groups is 1. The van der Waals surface area contributed by atoms with E-state index < -0.39 is 0 Å². The normalized spacial score (nSPS) is 12.2. The smallest absolute Gasteiger partial charge is 0.266 e. The lowest BCUT2D eigenvalue weighted by molar-refractivity contribution is -0.127. The van der Waals surface area contributed by atoms with Crippen LogP contribution in [-0.4, -0.2) is 39.7 Å². The van der Waals surface area contributed by atoms with Crippen LogP contribution in [0, 0.1) is 13.8 Å². The summed E-state index contributed by atoms with van der Waals surface area (Å²) >= 11 is 1.31. The van der Waals surface area contributed by atoms with Crippen molar-refractivity contribution >= 4 is 28.6 Å². The second-order valence-electron chi connectivity index (χ2n) is 6.83.